The predicted molar refractivity (Wildman–Crippen MR) is 214 cm³/mol. The van der Waals surface area contributed by atoms with Gasteiger partial charge in [0.05, 0.1) is 64.3 Å². The molecule has 2 aliphatic heterocycles. The Labute approximate surface area is 356 Å². The van der Waals surface area contributed by atoms with Crippen molar-refractivity contribution in [3.05, 3.63) is 144 Å². The number of carbonyl (C=O) groups excluding carboxylic acids is 2. The molecule has 2 heterocycles. The van der Waals surface area contributed by atoms with Crippen molar-refractivity contribution in [2.75, 3.05) is 52.5 Å². The van der Waals surface area contributed by atoms with E-state index >= 15 is 0 Å². The number of piperidine rings is 2. The number of halogens is 2. The van der Waals surface area contributed by atoms with E-state index in [-0.39, 0.29) is 57.7 Å². The second kappa shape index (κ2) is 21.5. The van der Waals surface area contributed by atoms with Gasteiger partial charge in [0.25, 0.3) is 0 Å². The normalized spacial score (nSPS) is 22.3. The van der Waals surface area contributed by atoms with E-state index in [1.165, 1.54) is 75.8 Å². The monoisotopic (exact) mass is 886 g/mol. The zero-order valence-electron chi connectivity index (χ0n) is 32.9. The zero-order chi connectivity index (χ0) is 37.1. The van der Waals surface area contributed by atoms with Crippen LogP contribution in [0.1, 0.15) is 85.5 Å². The Kier molecular flexibility index (Phi) is 16.8. The Bertz CT molecular complexity index is 1610. The molecule has 0 amide bonds. The van der Waals surface area contributed by atoms with Crippen LogP contribution in [0, 0.1) is 11.8 Å². The molecule has 56 heavy (non-hydrogen) atoms. The standard InChI is InChI=1S/C48H60N2O4.2BrH/c51-47(53-35-19-33-49(29-15-5-16-30-49)37-39-21-7-1-8-22-39)45-43(41-25-11-3-12-26-41)46(44(45)42-27-13-4-14-28-42)48(52)54-36-20-34-50(31-17-6-18-32-50)38-40-23-9-2-10-24-40;;/h1-4,7-14,21-28,43-46H,5-6,15-20,29-38H2;2*1H/q+2;;/p-2. The van der Waals surface area contributed by atoms with Gasteiger partial charge in [-0.2, -0.15) is 0 Å². The van der Waals surface area contributed by atoms with E-state index in [1.807, 2.05) is 60.7 Å². The van der Waals surface area contributed by atoms with Gasteiger partial charge in [-0.15, -0.1) is 0 Å². The Morgan fingerprint density at radius 2 is 0.786 bits per heavy atom. The summed E-state index contributed by atoms with van der Waals surface area (Å²) in [6.45, 7) is 9.54. The first-order valence-corrected chi connectivity index (χ1v) is 20.8. The third-order valence-corrected chi connectivity index (χ3v) is 12.8. The van der Waals surface area contributed by atoms with Crippen LogP contribution in [0.3, 0.4) is 0 Å². The van der Waals surface area contributed by atoms with E-state index in [2.05, 4.69) is 60.7 Å². The van der Waals surface area contributed by atoms with Crippen molar-refractivity contribution in [1.82, 2.24) is 0 Å². The fraction of sp³-hybridized carbons (Fsp3) is 0.458. The van der Waals surface area contributed by atoms with E-state index < -0.39 is 11.8 Å². The Hall–Kier alpha value is -3.30. The third kappa shape index (κ3) is 11.0. The molecule has 6 nitrogen and oxygen atoms in total. The van der Waals surface area contributed by atoms with Crippen molar-refractivity contribution in [3.8, 4) is 0 Å². The lowest BCUT2D eigenvalue weighted by Crippen LogP contribution is -3.00. The highest BCUT2D eigenvalue weighted by atomic mass is 79.9. The van der Waals surface area contributed by atoms with Crippen LogP contribution in [0.2, 0.25) is 0 Å². The average molecular weight is 889 g/mol. The van der Waals surface area contributed by atoms with Gasteiger partial charge in [-0.05, 0) is 49.7 Å². The lowest BCUT2D eigenvalue weighted by atomic mass is 9.52. The third-order valence-electron chi connectivity index (χ3n) is 12.8. The van der Waals surface area contributed by atoms with Crippen LogP contribution in [0.5, 0.6) is 0 Å². The number of esters is 2. The molecule has 0 bridgehead atoms. The predicted octanol–water partition coefficient (Wildman–Crippen LogP) is 3.08. The SMILES string of the molecule is O=C(OCCC[N+]1(Cc2ccccc2)CCCCC1)C1C(c2ccccc2)C(C(=O)OCCC[N+]2(Cc3ccccc3)CCCCC2)C1c1ccccc1.[Br-].[Br-]. The number of rotatable bonds is 16. The van der Waals surface area contributed by atoms with Crippen molar-refractivity contribution < 1.29 is 62.0 Å². The second-order valence-corrected chi connectivity index (χ2v) is 16.4. The number of quaternary nitrogens is 2. The van der Waals surface area contributed by atoms with Crippen molar-refractivity contribution >= 4 is 11.9 Å². The van der Waals surface area contributed by atoms with Gasteiger partial charge in [-0.1, -0.05) is 121 Å². The molecule has 0 N–H and O–H groups in total. The first kappa shape index (κ1) is 43.8. The zero-order valence-corrected chi connectivity index (χ0v) is 36.0. The summed E-state index contributed by atoms with van der Waals surface area (Å²) >= 11 is 0. The van der Waals surface area contributed by atoms with Gasteiger partial charge in [-0.25, -0.2) is 0 Å². The molecule has 1 aliphatic carbocycles. The summed E-state index contributed by atoms with van der Waals surface area (Å²) in [7, 11) is 0. The maximum atomic E-state index is 14.2. The molecular weight excluding hydrogens is 828 g/mol. The smallest absolute Gasteiger partial charge is 0.310 e. The van der Waals surface area contributed by atoms with Crippen LogP contribution in [-0.2, 0) is 32.2 Å². The minimum atomic E-state index is -0.456. The summed E-state index contributed by atoms with van der Waals surface area (Å²) in [6, 6.07) is 41.8. The maximum Gasteiger partial charge on any atom is 0.310 e. The number of hydrogen-bond acceptors (Lipinski definition) is 4. The van der Waals surface area contributed by atoms with E-state index in [0.717, 1.165) is 59.1 Å². The first-order chi connectivity index (χ1) is 26.5. The highest BCUT2D eigenvalue weighted by molar-refractivity contribution is 5.85. The van der Waals surface area contributed by atoms with Crippen molar-refractivity contribution in [2.45, 2.75) is 76.3 Å². The van der Waals surface area contributed by atoms with Crippen molar-refractivity contribution in [1.29, 1.82) is 0 Å². The van der Waals surface area contributed by atoms with Crippen molar-refractivity contribution in [2.24, 2.45) is 11.8 Å². The van der Waals surface area contributed by atoms with E-state index in [4.69, 9.17) is 9.47 Å². The van der Waals surface area contributed by atoms with Gasteiger partial charge >= 0.3 is 11.9 Å². The summed E-state index contributed by atoms with van der Waals surface area (Å²) in [5, 5.41) is 0. The minimum Gasteiger partial charge on any atom is -1.00 e. The number of benzene rings is 4. The summed E-state index contributed by atoms with van der Waals surface area (Å²) < 4.78 is 14.5. The lowest BCUT2D eigenvalue weighted by molar-refractivity contribution is -0.945. The van der Waals surface area contributed by atoms with Crippen LogP contribution in [0.25, 0.3) is 0 Å². The molecule has 2 saturated heterocycles. The van der Waals surface area contributed by atoms with Crippen LogP contribution in [-0.4, -0.2) is 73.4 Å². The van der Waals surface area contributed by atoms with E-state index in [0.29, 0.717) is 13.2 Å². The van der Waals surface area contributed by atoms with Crippen LogP contribution >= 0.6 is 0 Å². The van der Waals surface area contributed by atoms with Crippen molar-refractivity contribution in [3.63, 3.8) is 0 Å². The Morgan fingerprint density at radius 1 is 0.464 bits per heavy atom. The van der Waals surface area contributed by atoms with Gasteiger partial charge < -0.3 is 52.4 Å². The molecule has 300 valence electrons. The fourth-order valence-corrected chi connectivity index (χ4v) is 10.1. The molecule has 4 aromatic carbocycles. The van der Waals surface area contributed by atoms with Crippen LogP contribution < -0.4 is 34.0 Å². The van der Waals surface area contributed by atoms with Gasteiger partial charge in [0.1, 0.15) is 13.1 Å². The summed E-state index contributed by atoms with van der Waals surface area (Å²) in [4.78, 5) is 28.4. The summed E-state index contributed by atoms with van der Waals surface area (Å²) in [5.74, 6) is -1.91. The lowest BCUT2D eigenvalue weighted by Gasteiger charge is -2.49. The topological polar surface area (TPSA) is 52.6 Å². The van der Waals surface area contributed by atoms with Gasteiger partial charge in [0.15, 0.2) is 0 Å². The summed E-state index contributed by atoms with van der Waals surface area (Å²) in [6.07, 6.45) is 9.24. The molecule has 3 fully saturated rings. The molecule has 0 atom stereocenters. The first-order valence-electron chi connectivity index (χ1n) is 20.8. The minimum absolute atomic E-state index is 0. The molecule has 1 saturated carbocycles. The van der Waals surface area contributed by atoms with Crippen LogP contribution in [0.15, 0.2) is 121 Å². The van der Waals surface area contributed by atoms with E-state index in [1.54, 1.807) is 0 Å². The molecule has 0 radical (unpaired) electrons. The highest BCUT2D eigenvalue weighted by Gasteiger charge is 2.59. The van der Waals surface area contributed by atoms with Gasteiger partial charge in [-0.3, -0.25) is 9.59 Å². The highest BCUT2D eigenvalue weighted by Crippen LogP contribution is 2.58. The molecule has 7 rings (SSSR count). The molecular formula is C48H60Br2N2O4. The molecule has 0 spiro atoms. The maximum absolute atomic E-state index is 14.2. The number of ether oxygens (including phenoxy) is 2. The molecule has 8 heteroatoms. The fourth-order valence-electron chi connectivity index (χ4n) is 10.1. The summed E-state index contributed by atoms with van der Waals surface area (Å²) in [5.41, 5.74) is 4.74. The second-order valence-electron chi connectivity index (χ2n) is 16.4. The van der Waals surface area contributed by atoms with Gasteiger partial charge in [0, 0.05) is 35.8 Å². The number of nitrogens with zero attached hydrogens (tertiary/aromatic N) is 2. The van der Waals surface area contributed by atoms with E-state index in [9.17, 15) is 9.59 Å². The quantitative estimate of drug-likeness (QED) is 0.0988. The molecule has 3 aliphatic rings. The molecule has 0 aromatic heterocycles. The van der Waals surface area contributed by atoms with Crippen LogP contribution in [0.4, 0.5) is 0 Å². The number of likely N-dealkylation sites (tertiary alicyclic amines) is 2. The number of hydrogen-bond donors (Lipinski definition) is 0. The average Bonchev–Trinajstić information content (AvgIpc) is 3.20. The van der Waals surface area contributed by atoms with Gasteiger partial charge in [0.2, 0.25) is 0 Å². The Balaban J connectivity index is 0.00000300. The molecule has 4 aromatic rings. The molecule has 0 unspecified atom stereocenters. The number of carbonyl (C=O) groups is 2. The largest absolute Gasteiger partial charge is 1.00 e. The Morgan fingerprint density at radius 3 is 1.12 bits per heavy atom.